The van der Waals surface area contributed by atoms with Gasteiger partial charge in [-0.25, -0.2) is 0 Å². The number of benzene rings is 3. The Labute approximate surface area is 199 Å². The van der Waals surface area contributed by atoms with Gasteiger partial charge in [-0.15, -0.1) is 0 Å². The molecule has 174 valence electrons. The number of aryl methyl sites for hydroxylation is 1. The summed E-state index contributed by atoms with van der Waals surface area (Å²) in [5.41, 5.74) is 4.10. The third-order valence-electron chi connectivity index (χ3n) is 6.27. The fourth-order valence-corrected chi connectivity index (χ4v) is 4.51. The second-order valence-corrected chi connectivity index (χ2v) is 8.45. The van der Waals surface area contributed by atoms with E-state index in [2.05, 4.69) is 16.3 Å². The molecule has 1 amide bonds. The number of fused-ring (bicyclic) bond motifs is 1. The molecule has 1 aliphatic rings. The number of amides is 1. The van der Waals surface area contributed by atoms with Crippen molar-refractivity contribution in [1.82, 2.24) is 4.90 Å². The predicted octanol–water partition coefficient (Wildman–Crippen LogP) is 5.42. The second kappa shape index (κ2) is 9.71. The Morgan fingerprint density at radius 3 is 2.44 bits per heavy atom. The number of nitrogens with zero attached hydrogens (tertiary/aromatic N) is 1. The van der Waals surface area contributed by atoms with Gasteiger partial charge >= 0.3 is 0 Å². The summed E-state index contributed by atoms with van der Waals surface area (Å²) >= 11 is 0. The first-order chi connectivity index (χ1) is 16.7. The summed E-state index contributed by atoms with van der Waals surface area (Å²) in [7, 11) is 1.67. The number of para-hydroxylation sites is 2. The van der Waals surface area contributed by atoms with Crippen molar-refractivity contribution in [3.05, 3.63) is 95.2 Å². The minimum atomic E-state index is -0.249. The van der Waals surface area contributed by atoms with E-state index in [4.69, 9.17) is 13.9 Å². The van der Waals surface area contributed by atoms with Crippen LogP contribution in [0.15, 0.2) is 77.2 Å². The number of methoxy groups -OCH3 is 1. The molecular formula is C28H28N2O4. The van der Waals surface area contributed by atoms with Crippen molar-refractivity contribution in [2.24, 2.45) is 0 Å². The lowest BCUT2D eigenvalue weighted by Gasteiger charge is -2.34. The molecule has 1 N–H and O–H groups in total. The van der Waals surface area contributed by atoms with Crippen molar-refractivity contribution in [2.75, 3.05) is 38.7 Å². The van der Waals surface area contributed by atoms with Crippen LogP contribution in [0.4, 0.5) is 5.69 Å². The zero-order valence-corrected chi connectivity index (χ0v) is 19.4. The van der Waals surface area contributed by atoms with Crippen LogP contribution in [0.5, 0.6) is 5.75 Å². The van der Waals surface area contributed by atoms with Crippen molar-refractivity contribution >= 4 is 22.6 Å². The highest BCUT2D eigenvalue weighted by molar-refractivity contribution is 6.09. The molecule has 1 unspecified atom stereocenters. The molecule has 1 fully saturated rings. The van der Waals surface area contributed by atoms with Crippen LogP contribution in [0.2, 0.25) is 0 Å². The number of anilines is 1. The number of morpholine rings is 1. The number of rotatable bonds is 6. The molecule has 0 radical (unpaired) electrons. The molecule has 4 aromatic rings. The van der Waals surface area contributed by atoms with Crippen LogP contribution in [-0.2, 0) is 4.74 Å². The molecule has 34 heavy (non-hydrogen) atoms. The summed E-state index contributed by atoms with van der Waals surface area (Å²) in [4.78, 5) is 15.6. The van der Waals surface area contributed by atoms with E-state index >= 15 is 0 Å². The molecule has 1 saturated heterocycles. The number of ether oxygens (including phenoxy) is 2. The summed E-state index contributed by atoms with van der Waals surface area (Å²) in [6.07, 6.45) is 0. The minimum absolute atomic E-state index is 0.173. The molecular weight excluding hydrogens is 428 g/mol. The monoisotopic (exact) mass is 456 g/mol. The molecule has 0 aliphatic carbocycles. The number of hydrogen-bond donors (Lipinski definition) is 1. The van der Waals surface area contributed by atoms with Crippen molar-refractivity contribution in [1.29, 1.82) is 0 Å². The highest BCUT2D eigenvalue weighted by Gasteiger charge is 2.33. The SMILES string of the molecule is COc1ccccc1C(c1oc2ccccc2c1NC(=O)c1ccc(C)cc1)N1CCOCC1. The third-order valence-corrected chi connectivity index (χ3v) is 6.27. The van der Waals surface area contributed by atoms with Crippen LogP contribution in [0.25, 0.3) is 11.0 Å². The highest BCUT2D eigenvalue weighted by atomic mass is 16.5. The second-order valence-electron chi connectivity index (χ2n) is 8.45. The van der Waals surface area contributed by atoms with Crippen LogP contribution < -0.4 is 10.1 Å². The lowest BCUT2D eigenvalue weighted by Crippen LogP contribution is -2.39. The van der Waals surface area contributed by atoms with E-state index in [1.807, 2.05) is 73.7 Å². The molecule has 1 atom stereocenters. The zero-order chi connectivity index (χ0) is 23.5. The zero-order valence-electron chi connectivity index (χ0n) is 19.4. The summed E-state index contributed by atoms with van der Waals surface area (Å²) in [5.74, 6) is 1.29. The standard InChI is InChI=1S/C28H28N2O4/c1-19-11-13-20(14-12-19)28(31)29-25-21-7-3-6-10-24(21)34-27(25)26(30-15-17-33-18-16-30)22-8-4-5-9-23(22)32-2/h3-14,26H,15-18H2,1-2H3,(H,29,31). The van der Waals surface area contributed by atoms with Gasteiger partial charge in [0.15, 0.2) is 5.76 Å². The molecule has 0 saturated carbocycles. The average Bonchev–Trinajstić information content (AvgIpc) is 3.23. The van der Waals surface area contributed by atoms with Crippen LogP contribution in [0, 0.1) is 6.92 Å². The quantitative estimate of drug-likeness (QED) is 0.420. The summed E-state index contributed by atoms with van der Waals surface area (Å²) < 4.78 is 17.8. The number of nitrogens with one attached hydrogen (secondary N) is 1. The molecule has 3 aromatic carbocycles. The number of hydrogen-bond acceptors (Lipinski definition) is 5. The summed E-state index contributed by atoms with van der Waals surface area (Å²) in [5, 5.41) is 4.03. The Bertz CT molecular complexity index is 1290. The van der Waals surface area contributed by atoms with Crippen molar-refractivity contribution < 1.29 is 18.7 Å². The number of carbonyl (C=O) groups excluding carboxylic acids is 1. The Morgan fingerprint density at radius 2 is 1.68 bits per heavy atom. The van der Waals surface area contributed by atoms with Crippen molar-refractivity contribution in [3.63, 3.8) is 0 Å². The first-order valence-corrected chi connectivity index (χ1v) is 11.5. The highest BCUT2D eigenvalue weighted by Crippen LogP contribution is 2.43. The molecule has 5 rings (SSSR count). The van der Waals surface area contributed by atoms with Gasteiger partial charge in [-0.3, -0.25) is 9.69 Å². The summed E-state index contributed by atoms with van der Waals surface area (Å²) in [6.45, 7) is 4.76. The van der Waals surface area contributed by atoms with Crippen molar-refractivity contribution in [3.8, 4) is 5.75 Å². The molecule has 0 bridgehead atoms. The van der Waals surface area contributed by atoms with Gasteiger partial charge in [0, 0.05) is 29.6 Å². The van der Waals surface area contributed by atoms with Gasteiger partial charge in [-0.1, -0.05) is 48.0 Å². The maximum Gasteiger partial charge on any atom is 0.255 e. The lowest BCUT2D eigenvalue weighted by molar-refractivity contribution is 0.0202. The van der Waals surface area contributed by atoms with E-state index in [0.29, 0.717) is 30.2 Å². The van der Waals surface area contributed by atoms with Crippen LogP contribution >= 0.6 is 0 Å². The van der Waals surface area contributed by atoms with Gasteiger partial charge < -0.3 is 19.2 Å². The van der Waals surface area contributed by atoms with Crippen LogP contribution in [0.1, 0.15) is 33.3 Å². The van der Waals surface area contributed by atoms with E-state index in [1.165, 1.54) is 0 Å². The van der Waals surface area contributed by atoms with E-state index in [0.717, 1.165) is 40.9 Å². The molecule has 0 spiro atoms. The first-order valence-electron chi connectivity index (χ1n) is 11.5. The first kappa shape index (κ1) is 22.2. The Balaban J connectivity index is 1.65. The van der Waals surface area contributed by atoms with E-state index in [1.54, 1.807) is 7.11 Å². The average molecular weight is 457 g/mol. The van der Waals surface area contributed by atoms with Gasteiger partial charge in [-0.2, -0.15) is 0 Å². The third kappa shape index (κ3) is 4.30. The predicted molar refractivity (Wildman–Crippen MR) is 133 cm³/mol. The number of furan rings is 1. The van der Waals surface area contributed by atoms with Gasteiger partial charge in [-0.05, 0) is 37.3 Å². The van der Waals surface area contributed by atoms with Gasteiger partial charge in [0.05, 0.1) is 32.1 Å². The fourth-order valence-electron chi connectivity index (χ4n) is 4.51. The van der Waals surface area contributed by atoms with E-state index in [-0.39, 0.29) is 11.9 Å². The molecule has 1 aliphatic heterocycles. The topological polar surface area (TPSA) is 63.9 Å². The van der Waals surface area contributed by atoms with Crippen LogP contribution in [-0.4, -0.2) is 44.2 Å². The summed E-state index contributed by atoms with van der Waals surface area (Å²) in [6, 6.07) is 23.1. The van der Waals surface area contributed by atoms with Crippen LogP contribution in [0.3, 0.4) is 0 Å². The van der Waals surface area contributed by atoms with Gasteiger partial charge in [0.1, 0.15) is 11.3 Å². The Hall–Kier alpha value is -3.61. The maximum absolute atomic E-state index is 13.3. The van der Waals surface area contributed by atoms with Gasteiger partial charge in [0.25, 0.3) is 5.91 Å². The smallest absolute Gasteiger partial charge is 0.255 e. The van der Waals surface area contributed by atoms with E-state index < -0.39 is 0 Å². The Kier molecular flexibility index (Phi) is 6.34. The maximum atomic E-state index is 13.3. The minimum Gasteiger partial charge on any atom is -0.496 e. The molecule has 6 nitrogen and oxygen atoms in total. The molecule has 6 heteroatoms. The normalized spacial score (nSPS) is 15.2. The number of carbonyl (C=O) groups is 1. The molecule has 1 aromatic heterocycles. The largest absolute Gasteiger partial charge is 0.496 e. The lowest BCUT2D eigenvalue weighted by atomic mass is 9.99. The Morgan fingerprint density at radius 1 is 0.971 bits per heavy atom. The molecule has 2 heterocycles. The van der Waals surface area contributed by atoms with Crippen molar-refractivity contribution in [2.45, 2.75) is 13.0 Å². The van der Waals surface area contributed by atoms with E-state index in [9.17, 15) is 4.79 Å². The van der Waals surface area contributed by atoms with Gasteiger partial charge in [0.2, 0.25) is 0 Å². The fraction of sp³-hybridized carbons (Fsp3) is 0.250.